The average Bonchev–Trinajstić information content (AvgIpc) is 2.62. The topological polar surface area (TPSA) is 140 Å². The maximum atomic E-state index is 12.4. The Morgan fingerprint density at radius 3 is 2.50 bits per heavy atom. The summed E-state index contributed by atoms with van der Waals surface area (Å²) in [7, 11) is -4.13. The zero-order valence-electron chi connectivity index (χ0n) is 15.4. The zero-order valence-corrected chi connectivity index (χ0v) is 17.7. The van der Waals surface area contributed by atoms with E-state index in [0.717, 1.165) is 6.07 Å². The van der Waals surface area contributed by atoms with E-state index in [4.69, 9.17) is 28.3 Å². The van der Waals surface area contributed by atoms with Crippen molar-refractivity contribution in [3.8, 4) is 6.07 Å². The Kier molecular flexibility index (Phi) is 5.90. The first-order valence-electron chi connectivity index (χ1n) is 8.45. The van der Waals surface area contributed by atoms with Gasteiger partial charge in [0.15, 0.2) is 0 Å². The normalized spacial score (nSPS) is 14.0. The molecule has 12 heteroatoms. The van der Waals surface area contributed by atoms with Crippen LogP contribution in [0.2, 0.25) is 10.0 Å². The van der Waals surface area contributed by atoms with Crippen molar-refractivity contribution in [2.75, 3.05) is 18.0 Å². The van der Waals surface area contributed by atoms with Crippen molar-refractivity contribution in [2.24, 2.45) is 5.92 Å². The molecule has 0 unspecified atom stereocenters. The highest BCUT2D eigenvalue weighted by molar-refractivity contribution is 7.90. The van der Waals surface area contributed by atoms with E-state index < -0.39 is 27.8 Å². The maximum Gasteiger partial charge on any atom is 0.337 e. The number of amides is 1. The van der Waals surface area contributed by atoms with Crippen LogP contribution in [0.1, 0.15) is 21.6 Å². The van der Waals surface area contributed by atoms with Crippen molar-refractivity contribution in [3.63, 3.8) is 0 Å². The molecule has 0 atom stereocenters. The number of carbonyl (C=O) groups is 2. The maximum absolute atomic E-state index is 12.4. The van der Waals surface area contributed by atoms with Gasteiger partial charge in [-0.05, 0) is 31.2 Å². The van der Waals surface area contributed by atoms with Crippen molar-refractivity contribution >= 4 is 50.9 Å². The summed E-state index contributed by atoms with van der Waals surface area (Å²) in [6.07, 6.45) is 0. The van der Waals surface area contributed by atoms with Crippen LogP contribution in [0.5, 0.6) is 0 Å². The molecular formula is C18H14Cl2N4O5S. The molecule has 3 rings (SSSR count). The summed E-state index contributed by atoms with van der Waals surface area (Å²) in [4.78, 5) is 29.1. The Labute approximate surface area is 181 Å². The van der Waals surface area contributed by atoms with Gasteiger partial charge in [0.25, 0.3) is 10.0 Å². The fourth-order valence-corrected chi connectivity index (χ4v) is 4.30. The van der Waals surface area contributed by atoms with Crippen molar-refractivity contribution in [1.82, 2.24) is 9.71 Å². The highest BCUT2D eigenvalue weighted by Crippen LogP contribution is 2.29. The lowest BCUT2D eigenvalue weighted by molar-refractivity contribution is -0.123. The number of aromatic nitrogens is 1. The number of hydrogen-bond donors (Lipinski definition) is 2. The second-order valence-electron chi connectivity index (χ2n) is 6.56. The van der Waals surface area contributed by atoms with Crippen LogP contribution >= 0.6 is 23.2 Å². The number of aromatic carboxylic acids is 1. The SMILES string of the molecule is Cc1nc(N2CC(C(=O)NS(=O)(=O)c3ccc(Cl)c(Cl)c3)C2)c(C#N)cc1C(=O)O. The molecule has 156 valence electrons. The van der Waals surface area contributed by atoms with Gasteiger partial charge in [0, 0.05) is 13.1 Å². The minimum absolute atomic E-state index is 0.0390. The second kappa shape index (κ2) is 8.10. The van der Waals surface area contributed by atoms with E-state index in [1.165, 1.54) is 25.1 Å². The molecule has 1 saturated heterocycles. The Bertz CT molecular complexity index is 1200. The number of anilines is 1. The molecule has 1 fully saturated rings. The van der Waals surface area contributed by atoms with E-state index in [1.54, 1.807) is 4.90 Å². The number of nitrogens with one attached hydrogen (secondary N) is 1. The van der Waals surface area contributed by atoms with Crippen LogP contribution in [0.25, 0.3) is 0 Å². The van der Waals surface area contributed by atoms with E-state index in [-0.39, 0.29) is 50.7 Å². The molecule has 1 aromatic heterocycles. The lowest BCUT2D eigenvalue weighted by Gasteiger charge is -2.39. The first kappa shape index (κ1) is 21.8. The van der Waals surface area contributed by atoms with E-state index in [9.17, 15) is 23.3 Å². The first-order chi connectivity index (χ1) is 14.0. The monoisotopic (exact) mass is 468 g/mol. The third-order valence-corrected chi connectivity index (χ3v) is 6.62. The van der Waals surface area contributed by atoms with Crippen LogP contribution in [-0.4, -0.2) is 43.5 Å². The molecular weight excluding hydrogens is 455 g/mol. The Hall–Kier alpha value is -2.87. The number of aryl methyl sites for hydroxylation is 1. The van der Waals surface area contributed by atoms with Gasteiger partial charge in [-0.2, -0.15) is 5.26 Å². The van der Waals surface area contributed by atoms with Gasteiger partial charge < -0.3 is 10.0 Å². The van der Waals surface area contributed by atoms with Crippen molar-refractivity contribution in [2.45, 2.75) is 11.8 Å². The second-order valence-corrected chi connectivity index (χ2v) is 9.05. The fraction of sp³-hybridized carbons (Fsp3) is 0.222. The summed E-state index contributed by atoms with van der Waals surface area (Å²) < 4.78 is 26.8. The molecule has 1 aliphatic rings. The van der Waals surface area contributed by atoms with E-state index in [0.29, 0.717) is 0 Å². The Balaban J connectivity index is 1.71. The number of rotatable bonds is 5. The third kappa shape index (κ3) is 4.18. The highest BCUT2D eigenvalue weighted by Gasteiger charge is 2.37. The summed E-state index contributed by atoms with van der Waals surface area (Å²) >= 11 is 11.6. The predicted octanol–water partition coefficient (Wildman–Crippen LogP) is 2.21. The van der Waals surface area contributed by atoms with Gasteiger partial charge in [-0.25, -0.2) is 22.9 Å². The molecule has 2 aromatic rings. The Morgan fingerprint density at radius 2 is 1.93 bits per heavy atom. The van der Waals surface area contributed by atoms with Gasteiger partial charge >= 0.3 is 5.97 Å². The number of nitrogens with zero attached hydrogens (tertiary/aromatic N) is 3. The van der Waals surface area contributed by atoms with Gasteiger partial charge in [0.1, 0.15) is 11.9 Å². The van der Waals surface area contributed by atoms with Crippen LogP contribution in [0.4, 0.5) is 5.82 Å². The molecule has 0 radical (unpaired) electrons. The number of halogens is 2. The lowest BCUT2D eigenvalue weighted by Crippen LogP contribution is -2.55. The van der Waals surface area contributed by atoms with Crippen LogP contribution in [0.15, 0.2) is 29.2 Å². The summed E-state index contributed by atoms with van der Waals surface area (Å²) in [6.45, 7) is 1.74. The van der Waals surface area contributed by atoms with Gasteiger partial charge in [-0.1, -0.05) is 23.2 Å². The number of pyridine rings is 1. The van der Waals surface area contributed by atoms with E-state index >= 15 is 0 Å². The number of carbonyl (C=O) groups excluding carboxylic acids is 1. The van der Waals surface area contributed by atoms with Gasteiger partial charge in [-0.3, -0.25) is 4.79 Å². The molecule has 1 amide bonds. The molecule has 1 aliphatic heterocycles. The Morgan fingerprint density at radius 1 is 1.27 bits per heavy atom. The largest absolute Gasteiger partial charge is 0.478 e. The fourth-order valence-electron chi connectivity index (χ4n) is 2.87. The zero-order chi connectivity index (χ0) is 22.2. The number of sulfonamides is 1. The molecule has 30 heavy (non-hydrogen) atoms. The summed E-state index contributed by atoms with van der Waals surface area (Å²) in [5.74, 6) is -2.32. The smallest absolute Gasteiger partial charge is 0.337 e. The summed E-state index contributed by atoms with van der Waals surface area (Å²) in [5.41, 5.74) is 0.199. The van der Waals surface area contributed by atoms with E-state index in [1.807, 2.05) is 10.8 Å². The number of hydrogen-bond acceptors (Lipinski definition) is 7. The van der Waals surface area contributed by atoms with Crippen molar-refractivity contribution < 1.29 is 23.1 Å². The third-order valence-electron chi connectivity index (χ3n) is 4.53. The van der Waals surface area contributed by atoms with Gasteiger partial charge in [-0.15, -0.1) is 0 Å². The van der Waals surface area contributed by atoms with Gasteiger partial charge in [0.05, 0.1) is 37.7 Å². The number of carboxylic acid groups (broad SMARTS) is 1. The lowest BCUT2D eigenvalue weighted by atomic mass is 9.98. The van der Waals surface area contributed by atoms with Crippen molar-refractivity contribution in [3.05, 3.63) is 51.1 Å². The molecule has 0 aliphatic carbocycles. The average molecular weight is 469 g/mol. The predicted molar refractivity (Wildman–Crippen MR) is 108 cm³/mol. The van der Waals surface area contributed by atoms with Crippen LogP contribution in [0, 0.1) is 24.2 Å². The van der Waals surface area contributed by atoms with Gasteiger partial charge in [0.2, 0.25) is 5.91 Å². The molecule has 2 N–H and O–H groups in total. The van der Waals surface area contributed by atoms with Crippen LogP contribution < -0.4 is 9.62 Å². The highest BCUT2D eigenvalue weighted by atomic mass is 35.5. The number of nitriles is 1. The molecule has 0 saturated carbocycles. The van der Waals surface area contributed by atoms with Crippen LogP contribution in [-0.2, 0) is 14.8 Å². The van der Waals surface area contributed by atoms with E-state index in [2.05, 4.69) is 4.98 Å². The number of carboxylic acids is 1. The minimum Gasteiger partial charge on any atom is -0.478 e. The quantitative estimate of drug-likeness (QED) is 0.679. The molecule has 0 bridgehead atoms. The standard InChI is InChI=1S/C18H14Cl2N4O5S/c1-9-13(18(26)27)4-10(6-21)16(22-9)24-7-11(8-24)17(25)23-30(28,29)12-2-3-14(19)15(20)5-12/h2-5,11H,7-8H2,1H3,(H,23,25)(H,26,27). The summed E-state index contributed by atoms with van der Waals surface area (Å²) in [5, 5.41) is 18.7. The first-order valence-corrected chi connectivity index (χ1v) is 10.7. The minimum atomic E-state index is -4.13. The van der Waals surface area contributed by atoms with Crippen LogP contribution in [0.3, 0.4) is 0 Å². The molecule has 2 heterocycles. The molecule has 1 aromatic carbocycles. The molecule has 9 nitrogen and oxygen atoms in total. The summed E-state index contributed by atoms with van der Waals surface area (Å²) in [6, 6.07) is 6.80. The molecule has 0 spiro atoms. The number of benzene rings is 1. The van der Waals surface area contributed by atoms with Crippen molar-refractivity contribution in [1.29, 1.82) is 5.26 Å².